The zero-order valence-corrected chi connectivity index (χ0v) is 12.8. The normalized spacial score (nSPS) is 18.0. The lowest BCUT2D eigenvalue weighted by molar-refractivity contribution is 0.738. The van der Waals surface area contributed by atoms with Gasteiger partial charge in [-0.2, -0.15) is 0 Å². The fourth-order valence-corrected chi connectivity index (χ4v) is 2.78. The summed E-state index contributed by atoms with van der Waals surface area (Å²) in [4.78, 5) is 17.8. The van der Waals surface area contributed by atoms with E-state index in [0.29, 0.717) is 5.92 Å². The molecule has 3 heterocycles. The Morgan fingerprint density at radius 3 is 2.67 bits per heavy atom. The minimum Gasteiger partial charge on any atom is -0.378 e. The summed E-state index contributed by atoms with van der Waals surface area (Å²) in [7, 11) is 4.13. The van der Waals surface area contributed by atoms with E-state index in [-0.39, 0.29) is 0 Å². The molecule has 0 amide bonds. The van der Waals surface area contributed by atoms with E-state index in [1.165, 1.54) is 11.4 Å². The third-order valence-electron chi connectivity index (χ3n) is 3.92. The van der Waals surface area contributed by atoms with Crippen LogP contribution in [-0.4, -0.2) is 42.1 Å². The van der Waals surface area contributed by atoms with Crippen molar-refractivity contribution in [3.63, 3.8) is 0 Å². The molecule has 1 aliphatic heterocycles. The third kappa shape index (κ3) is 2.96. The second-order valence-corrected chi connectivity index (χ2v) is 5.77. The summed E-state index contributed by atoms with van der Waals surface area (Å²) in [6, 6.07) is 6.17. The molecule has 2 aromatic rings. The minimum absolute atomic E-state index is 0.451. The number of hydrogen-bond acceptors (Lipinski definition) is 5. The van der Waals surface area contributed by atoms with Crippen LogP contribution in [0.15, 0.2) is 30.6 Å². The standard InChI is InChI=1S/C16H21N5/c1-12-9-14(20(2)3)10-15(19-12)13-5-8-21(11-13)16-17-6-4-7-18-16/h4,6-7,9-10,13H,5,8,11H2,1-3H3. The smallest absolute Gasteiger partial charge is 0.225 e. The minimum atomic E-state index is 0.451. The largest absolute Gasteiger partial charge is 0.378 e. The molecule has 1 unspecified atom stereocenters. The van der Waals surface area contributed by atoms with Gasteiger partial charge in [0.2, 0.25) is 5.95 Å². The van der Waals surface area contributed by atoms with Crippen molar-refractivity contribution in [2.24, 2.45) is 0 Å². The molecule has 1 atom stereocenters. The topological polar surface area (TPSA) is 45.2 Å². The van der Waals surface area contributed by atoms with E-state index in [1.807, 2.05) is 6.07 Å². The first-order valence-electron chi connectivity index (χ1n) is 7.31. The van der Waals surface area contributed by atoms with E-state index >= 15 is 0 Å². The summed E-state index contributed by atoms with van der Waals surface area (Å²) < 4.78 is 0. The molecule has 0 aliphatic carbocycles. The average Bonchev–Trinajstić information content (AvgIpc) is 2.97. The number of nitrogens with zero attached hydrogens (tertiary/aromatic N) is 5. The van der Waals surface area contributed by atoms with Crippen LogP contribution in [0.2, 0.25) is 0 Å². The number of aromatic nitrogens is 3. The number of rotatable bonds is 3. The van der Waals surface area contributed by atoms with E-state index in [9.17, 15) is 0 Å². The van der Waals surface area contributed by atoms with Gasteiger partial charge in [0.15, 0.2) is 0 Å². The second-order valence-electron chi connectivity index (χ2n) is 5.77. The number of aryl methyl sites for hydroxylation is 1. The first-order valence-corrected chi connectivity index (χ1v) is 7.31. The Bertz CT molecular complexity index is 611. The van der Waals surface area contributed by atoms with Gasteiger partial charge in [-0.15, -0.1) is 0 Å². The maximum absolute atomic E-state index is 4.73. The van der Waals surface area contributed by atoms with Gasteiger partial charge in [-0.3, -0.25) is 4.98 Å². The van der Waals surface area contributed by atoms with Crippen molar-refractivity contribution in [1.29, 1.82) is 0 Å². The summed E-state index contributed by atoms with van der Waals surface area (Å²) in [6.45, 7) is 3.98. The van der Waals surface area contributed by atoms with Crippen molar-refractivity contribution in [3.05, 3.63) is 42.0 Å². The van der Waals surface area contributed by atoms with Crippen LogP contribution in [-0.2, 0) is 0 Å². The van der Waals surface area contributed by atoms with E-state index < -0.39 is 0 Å². The molecule has 3 rings (SSSR count). The number of anilines is 2. The van der Waals surface area contributed by atoms with Crippen LogP contribution in [0.1, 0.15) is 23.7 Å². The molecule has 1 fully saturated rings. The maximum atomic E-state index is 4.73. The van der Waals surface area contributed by atoms with E-state index in [1.54, 1.807) is 12.4 Å². The first-order chi connectivity index (χ1) is 10.1. The van der Waals surface area contributed by atoms with E-state index in [0.717, 1.165) is 31.2 Å². The predicted octanol–water partition coefficient (Wildman–Crippen LogP) is 2.24. The SMILES string of the molecule is Cc1cc(N(C)C)cc(C2CCN(c3ncccn3)C2)n1. The quantitative estimate of drug-likeness (QED) is 0.864. The molecule has 110 valence electrons. The highest BCUT2D eigenvalue weighted by Crippen LogP contribution is 2.30. The first kappa shape index (κ1) is 13.8. The van der Waals surface area contributed by atoms with Gasteiger partial charge < -0.3 is 9.80 Å². The molecule has 1 aliphatic rings. The fourth-order valence-electron chi connectivity index (χ4n) is 2.78. The Morgan fingerprint density at radius 1 is 1.19 bits per heavy atom. The highest BCUT2D eigenvalue weighted by molar-refractivity contribution is 5.48. The van der Waals surface area contributed by atoms with Gasteiger partial charge in [0, 0.05) is 62.6 Å². The van der Waals surface area contributed by atoms with Crippen molar-refractivity contribution in [3.8, 4) is 0 Å². The monoisotopic (exact) mass is 283 g/mol. The van der Waals surface area contributed by atoms with Crippen LogP contribution in [0.4, 0.5) is 11.6 Å². The zero-order chi connectivity index (χ0) is 14.8. The van der Waals surface area contributed by atoms with Crippen LogP contribution in [0, 0.1) is 6.92 Å². The Kier molecular flexibility index (Phi) is 3.73. The summed E-state index contributed by atoms with van der Waals surface area (Å²) >= 11 is 0. The average molecular weight is 283 g/mol. The van der Waals surface area contributed by atoms with Gasteiger partial charge in [0.25, 0.3) is 0 Å². The Hall–Kier alpha value is -2.17. The van der Waals surface area contributed by atoms with Gasteiger partial charge in [-0.1, -0.05) is 0 Å². The van der Waals surface area contributed by atoms with Gasteiger partial charge in [-0.25, -0.2) is 9.97 Å². The fraction of sp³-hybridized carbons (Fsp3) is 0.438. The van der Waals surface area contributed by atoms with Crippen molar-refractivity contribution < 1.29 is 0 Å². The van der Waals surface area contributed by atoms with Gasteiger partial charge >= 0.3 is 0 Å². The summed E-state index contributed by atoms with van der Waals surface area (Å²) in [6.07, 6.45) is 4.69. The van der Waals surface area contributed by atoms with Crippen LogP contribution in [0.3, 0.4) is 0 Å². The lowest BCUT2D eigenvalue weighted by Crippen LogP contribution is -2.21. The van der Waals surface area contributed by atoms with Crippen LogP contribution < -0.4 is 9.80 Å². The summed E-state index contributed by atoms with van der Waals surface area (Å²) in [5.74, 6) is 1.27. The molecule has 0 aromatic carbocycles. The highest BCUT2D eigenvalue weighted by Gasteiger charge is 2.26. The Balaban J connectivity index is 1.80. The number of pyridine rings is 1. The predicted molar refractivity (Wildman–Crippen MR) is 84.9 cm³/mol. The van der Waals surface area contributed by atoms with Crippen molar-refractivity contribution in [2.75, 3.05) is 37.0 Å². The van der Waals surface area contributed by atoms with Crippen LogP contribution in [0.25, 0.3) is 0 Å². The van der Waals surface area contributed by atoms with Crippen molar-refractivity contribution >= 4 is 11.6 Å². The molecule has 2 aromatic heterocycles. The third-order valence-corrected chi connectivity index (χ3v) is 3.92. The van der Waals surface area contributed by atoms with Crippen molar-refractivity contribution in [1.82, 2.24) is 15.0 Å². The van der Waals surface area contributed by atoms with Gasteiger partial charge in [0.1, 0.15) is 0 Å². The molecule has 0 bridgehead atoms. The van der Waals surface area contributed by atoms with Crippen LogP contribution >= 0.6 is 0 Å². The molecule has 0 spiro atoms. The maximum Gasteiger partial charge on any atom is 0.225 e. The summed E-state index contributed by atoms with van der Waals surface area (Å²) in [5, 5.41) is 0. The van der Waals surface area contributed by atoms with Crippen LogP contribution in [0.5, 0.6) is 0 Å². The molecule has 21 heavy (non-hydrogen) atoms. The summed E-state index contributed by atoms with van der Waals surface area (Å²) in [5.41, 5.74) is 3.47. The molecule has 0 N–H and O–H groups in total. The molecule has 5 heteroatoms. The molecule has 0 saturated carbocycles. The molecule has 5 nitrogen and oxygen atoms in total. The molecular formula is C16H21N5. The second kappa shape index (κ2) is 5.68. The van der Waals surface area contributed by atoms with Gasteiger partial charge in [-0.05, 0) is 31.5 Å². The van der Waals surface area contributed by atoms with Crippen molar-refractivity contribution in [2.45, 2.75) is 19.3 Å². The molecule has 1 saturated heterocycles. The lowest BCUT2D eigenvalue weighted by Gasteiger charge is -2.18. The van der Waals surface area contributed by atoms with Gasteiger partial charge in [0.05, 0.1) is 0 Å². The molecule has 0 radical (unpaired) electrons. The zero-order valence-electron chi connectivity index (χ0n) is 12.8. The lowest BCUT2D eigenvalue weighted by atomic mass is 10.0. The Morgan fingerprint density at radius 2 is 1.95 bits per heavy atom. The number of hydrogen-bond donors (Lipinski definition) is 0. The highest BCUT2D eigenvalue weighted by atomic mass is 15.3. The van der Waals surface area contributed by atoms with E-state index in [2.05, 4.69) is 52.9 Å². The molecular weight excluding hydrogens is 262 g/mol. The van der Waals surface area contributed by atoms with E-state index in [4.69, 9.17) is 4.98 Å². The Labute approximate surface area is 125 Å².